The second-order valence-electron chi connectivity index (χ2n) is 7.72. The van der Waals surface area contributed by atoms with Crippen molar-refractivity contribution in [3.05, 3.63) is 35.9 Å². The molecule has 0 N–H and O–H groups in total. The van der Waals surface area contributed by atoms with Crippen molar-refractivity contribution in [3.63, 3.8) is 0 Å². The maximum atomic E-state index is 5.84. The van der Waals surface area contributed by atoms with Crippen molar-refractivity contribution >= 4 is 5.82 Å². The van der Waals surface area contributed by atoms with Gasteiger partial charge in [0.05, 0.1) is 31.3 Å². The smallest absolute Gasteiger partial charge is 0.232 e. The fraction of sp³-hybridized carbons (Fsp3) is 0.591. The van der Waals surface area contributed by atoms with Gasteiger partial charge in [-0.1, -0.05) is 0 Å². The highest BCUT2D eigenvalue weighted by Gasteiger charge is 2.20. The highest BCUT2D eigenvalue weighted by atomic mass is 16.5. The minimum absolute atomic E-state index is 0.684. The van der Waals surface area contributed by atoms with Gasteiger partial charge in [0.1, 0.15) is 0 Å². The van der Waals surface area contributed by atoms with E-state index in [1.165, 1.54) is 12.8 Å². The molecule has 4 rings (SSSR count). The summed E-state index contributed by atoms with van der Waals surface area (Å²) in [5, 5.41) is 0. The summed E-state index contributed by atoms with van der Waals surface area (Å²) < 4.78 is 11.3. The van der Waals surface area contributed by atoms with E-state index in [1.807, 2.05) is 18.3 Å². The summed E-state index contributed by atoms with van der Waals surface area (Å²) >= 11 is 0. The number of methoxy groups -OCH3 is 1. The Morgan fingerprint density at radius 1 is 1.00 bits per heavy atom. The Morgan fingerprint density at radius 2 is 1.83 bits per heavy atom. The number of fused-ring (bicyclic) bond motifs is 1. The summed E-state index contributed by atoms with van der Waals surface area (Å²) in [5.41, 5.74) is 2.29. The summed E-state index contributed by atoms with van der Waals surface area (Å²) in [5.74, 6) is 2.49. The van der Waals surface area contributed by atoms with E-state index in [2.05, 4.69) is 24.8 Å². The molecule has 29 heavy (non-hydrogen) atoms. The van der Waals surface area contributed by atoms with Crippen LogP contribution in [-0.4, -0.2) is 66.3 Å². The molecule has 0 radical (unpaired) electrons. The number of aryl methyl sites for hydroxylation is 2. The Morgan fingerprint density at radius 3 is 2.66 bits per heavy atom. The summed E-state index contributed by atoms with van der Waals surface area (Å²) in [6.07, 6.45) is 10.3. The second-order valence-corrected chi connectivity index (χ2v) is 7.72. The number of ether oxygens (including phenoxy) is 2. The molecule has 156 valence electrons. The van der Waals surface area contributed by atoms with Crippen LogP contribution in [0, 0.1) is 0 Å². The zero-order chi connectivity index (χ0) is 19.9. The minimum atomic E-state index is 0.684. The van der Waals surface area contributed by atoms with Crippen molar-refractivity contribution in [3.8, 4) is 11.6 Å². The number of piperazine rings is 1. The third kappa shape index (κ3) is 5.15. The van der Waals surface area contributed by atoms with Crippen LogP contribution in [0.25, 0.3) is 0 Å². The normalized spacial score (nSPS) is 17.1. The third-order valence-corrected chi connectivity index (χ3v) is 5.75. The van der Waals surface area contributed by atoms with Crippen molar-refractivity contribution in [2.24, 2.45) is 0 Å². The molecule has 1 saturated heterocycles. The van der Waals surface area contributed by atoms with E-state index in [0.717, 1.165) is 81.4 Å². The predicted molar refractivity (Wildman–Crippen MR) is 113 cm³/mol. The monoisotopic (exact) mass is 397 g/mol. The lowest BCUT2D eigenvalue weighted by Gasteiger charge is -2.35. The molecule has 3 heterocycles. The summed E-state index contributed by atoms with van der Waals surface area (Å²) in [6, 6.07) is 3.89. The number of hydrogen-bond donors (Lipinski definition) is 0. The van der Waals surface area contributed by atoms with E-state index in [4.69, 9.17) is 9.47 Å². The number of pyridine rings is 1. The zero-order valence-corrected chi connectivity index (χ0v) is 17.3. The summed E-state index contributed by atoms with van der Waals surface area (Å²) in [7, 11) is 1.70. The number of aromatic nitrogens is 3. The first kappa shape index (κ1) is 19.9. The quantitative estimate of drug-likeness (QED) is 0.635. The van der Waals surface area contributed by atoms with Gasteiger partial charge in [-0.2, -0.15) is 0 Å². The van der Waals surface area contributed by atoms with E-state index in [-0.39, 0.29) is 0 Å². The van der Waals surface area contributed by atoms with Gasteiger partial charge in [0, 0.05) is 32.4 Å². The van der Waals surface area contributed by atoms with Gasteiger partial charge in [-0.05, 0) is 57.2 Å². The van der Waals surface area contributed by atoms with Crippen LogP contribution in [0.15, 0.2) is 24.5 Å². The lowest BCUT2D eigenvalue weighted by molar-refractivity contribution is 0.235. The van der Waals surface area contributed by atoms with Crippen LogP contribution in [0.1, 0.15) is 37.1 Å². The maximum absolute atomic E-state index is 5.84. The number of nitrogens with zero attached hydrogens (tertiary/aromatic N) is 5. The lowest BCUT2D eigenvalue weighted by Crippen LogP contribution is -2.47. The summed E-state index contributed by atoms with van der Waals surface area (Å²) in [6.45, 7) is 5.88. The largest absolute Gasteiger partial charge is 0.493 e. The molecule has 0 saturated carbocycles. The molecule has 1 aliphatic heterocycles. The highest BCUT2D eigenvalue weighted by Crippen LogP contribution is 2.25. The van der Waals surface area contributed by atoms with E-state index < -0.39 is 0 Å². The SMILES string of the molecule is COc1cccnc1N1CCN(CCCCOc2cnc3c(n2)CCCC3)CC1. The zero-order valence-electron chi connectivity index (χ0n) is 17.3. The lowest BCUT2D eigenvalue weighted by atomic mass is 10.0. The van der Waals surface area contributed by atoms with Crippen molar-refractivity contribution in [1.29, 1.82) is 0 Å². The maximum Gasteiger partial charge on any atom is 0.232 e. The molecule has 2 aromatic rings. The van der Waals surface area contributed by atoms with Crippen LogP contribution in [-0.2, 0) is 12.8 Å². The van der Waals surface area contributed by atoms with Crippen molar-refractivity contribution in [1.82, 2.24) is 19.9 Å². The molecular weight excluding hydrogens is 366 g/mol. The molecule has 2 aromatic heterocycles. The van der Waals surface area contributed by atoms with E-state index in [9.17, 15) is 0 Å². The van der Waals surface area contributed by atoms with Crippen molar-refractivity contribution in [2.45, 2.75) is 38.5 Å². The van der Waals surface area contributed by atoms with Gasteiger partial charge >= 0.3 is 0 Å². The number of anilines is 1. The second kappa shape index (κ2) is 9.87. The van der Waals surface area contributed by atoms with Gasteiger partial charge in [0.2, 0.25) is 5.88 Å². The molecule has 0 aromatic carbocycles. The molecule has 1 fully saturated rings. The van der Waals surface area contributed by atoms with Crippen LogP contribution in [0.2, 0.25) is 0 Å². The van der Waals surface area contributed by atoms with E-state index in [1.54, 1.807) is 13.3 Å². The Hall–Kier alpha value is -2.41. The fourth-order valence-corrected chi connectivity index (χ4v) is 4.07. The highest BCUT2D eigenvalue weighted by molar-refractivity contribution is 5.52. The van der Waals surface area contributed by atoms with Gasteiger partial charge in [-0.3, -0.25) is 9.88 Å². The van der Waals surface area contributed by atoms with Crippen molar-refractivity contribution < 1.29 is 9.47 Å². The molecule has 0 bridgehead atoms. The summed E-state index contributed by atoms with van der Waals surface area (Å²) in [4.78, 5) is 18.5. The first-order valence-electron chi connectivity index (χ1n) is 10.8. The fourth-order valence-electron chi connectivity index (χ4n) is 4.07. The molecule has 0 unspecified atom stereocenters. The van der Waals surface area contributed by atoms with Gasteiger partial charge in [-0.15, -0.1) is 0 Å². The van der Waals surface area contributed by atoms with Crippen molar-refractivity contribution in [2.75, 3.05) is 51.3 Å². The number of unbranched alkanes of at least 4 members (excludes halogenated alkanes) is 1. The molecule has 2 aliphatic rings. The van der Waals surface area contributed by atoms with Crippen LogP contribution >= 0.6 is 0 Å². The molecule has 7 nitrogen and oxygen atoms in total. The molecule has 0 spiro atoms. The molecule has 0 amide bonds. The predicted octanol–water partition coefficient (Wildman–Crippen LogP) is 2.74. The Labute approximate surface area is 173 Å². The van der Waals surface area contributed by atoms with Crippen LogP contribution in [0.3, 0.4) is 0 Å². The Balaban J connectivity index is 1.14. The van der Waals surface area contributed by atoms with Crippen LogP contribution in [0.5, 0.6) is 11.6 Å². The molecular formula is C22H31N5O2. The first-order chi connectivity index (χ1) is 14.3. The minimum Gasteiger partial charge on any atom is -0.493 e. The van der Waals surface area contributed by atoms with Crippen LogP contribution in [0.4, 0.5) is 5.82 Å². The van der Waals surface area contributed by atoms with Gasteiger partial charge in [0.25, 0.3) is 0 Å². The van der Waals surface area contributed by atoms with Crippen LogP contribution < -0.4 is 14.4 Å². The molecule has 7 heteroatoms. The first-order valence-corrected chi connectivity index (χ1v) is 10.8. The number of rotatable bonds is 8. The topological polar surface area (TPSA) is 63.6 Å². The molecule has 1 aliphatic carbocycles. The average molecular weight is 398 g/mol. The van der Waals surface area contributed by atoms with E-state index in [0.29, 0.717) is 12.5 Å². The standard InChI is InChI=1S/C22H31N5O2/c1-28-20-9-6-10-23-22(20)27-14-12-26(13-15-27)11-4-5-16-29-21-17-24-18-7-2-3-8-19(18)25-21/h6,9-10,17H,2-5,7-8,11-16H2,1H3. The van der Waals surface area contributed by atoms with Gasteiger partial charge in [0.15, 0.2) is 11.6 Å². The van der Waals surface area contributed by atoms with Gasteiger partial charge in [-0.25, -0.2) is 9.97 Å². The number of hydrogen-bond acceptors (Lipinski definition) is 7. The average Bonchev–Trinajstić information content (AvgIpc) is 2.79. The molecule has 0 atom stereocenters. The van der Waals surface area contributed by atoms with Gasteiger partial charge < -0.3 is 14.4 Å². The Bertz CT molecular complexity index is 793. The Kier molecular flexibility index (Phi) is 6.77. The third-order valence-electron chi connectivity index (χ3n) is 5.75. The van der Waals surface area contributed by atoms with E-state index >= 15 is 0 Å².